The molecule has 0 atom stereocenters. The molecule has 1 saturated heterocycles. The number of benzene rings is 2. The van der Waals surface area contributed by atoms with E-state index in [2.05, 4.69) is 26.2 Å². The molecule has 11 nitrogen and oxygen atoms in total. The molecular formula is C29H41N5O6S. The Morgan fingerprint density at radius 3 is 2.22 bits per heavy atom. The quantitative estimate of drug-likeness (QED) is 0.179. The summed E-state index contributed by atoms with van der Waals surface area (Å²) in [6.07, 6.45) is 1.98. The van der Waals surface area contributed by atoms with E-state index >= 15 is 0 Å². The molecular weight excluding hydrogens is 546 g/mol. The molecule has 1 fully saturated rings. The van der Waals surface area contributed by atoms with Gasteiger partial charge in [-0.2, -0.15) is 0 Å². The summed E-state index contributed by atoms with van der Waals surface area (Å²) in [6.45, 7) is 13.8. The fraction of sp³-hybridized carbons (Fsp3) is 0.483. The van der Waals surface area contributed by atoms with E-state index in [1.54, 1.807) is 19.1 Å². The van der Waals surface area contributed by atoms with Crippen molar-refractivity contribution in [1.82, 2.24) is 16.1 Å². The maximum atomic E-state index is 13.2. The Hall–Kier alpha value is -3.64. The molecule has 2 amide bonds. The summed E-state index contributed by atoms with van der Waals surface area (Å²) in [5.74, 6) is -2.53. The normalized spacial score (nSPS) is 16.4. The van der Waals surface area contributed by atoms with Gasteiger partial charge in [0.2, 0.25) is 0 Å². The van der Waals surface area contributed by atoms with Gasteiger partial charge >= 0.3 is 17.8 Å². The standard InChI is InChI=1S/C29H41N5O6S/c1-9-21-17(2)10-13-24(18(21)3)41(38,39)33-19-11-12-23(22(14-19)27(37)40-8)31-32-26(36)25(35)30-20-15-28(4,5)34-29(6,7)16-20/h10-14,20,31,33-34H,9,15-16H2,1-8H3,(H,30,35)(H,32,36). The minimum Gasteiger partial charge on any atom is -0.465 e. The lowest BCUT2D eigenvalue weighted by Crippen LogP contribution is -2.63. The van der Waals surface area contributed by atoms with E-state index in [9.17, 15) is 22.8 Å². The molecule has 0 unspecified atom stereocenters. The Kier molecular flexibility index (Phi) is 9.39. The summed E-state index contributed by atoms with van der Waals surface area (Å²) < 4.78 is 33.8. The van der Waals surface area contributed by atoms with Gasteiger partial charge in [-0.25, -0.2) is 13.2 Å². The number of hydrogen-bond acceptors (Lipinski definition) is 8. The number of piperidine rings is 1. The molecule has 1 aliphatic rings. The molecule has 224 valence electrons. The van der Waals surface area contributed by atoms with Crippen molar-refractivity contribution in [1.29, 1.82) is 0 Å². The highest BCUT2D eigenvalue weighted by molar-refractivity contribution is 7.92. The molecule has 5 N–H and O–H groups in total. The largest absolute Gasteiger partial charge is 0.465 e. The van der Waals surface area contributed by atoms with E-state index in [-0.39, 0.29) is 39.0 Å². The van der Waals surface area contributed by atoms with Crippen LogP contribution >= 0.6 is 0 Å². The first-order chi connectivity index (χ1) is 19.0. The number of amides is 2. The Labute approximate surface area is 242 Å². The van der Waals surface area contributed by atoms with Gasteiger partial charge in [0.05, 0.1) is 23.3 Å². The average molecular weight is 588 g/mol. The third-order valence-corrected chi connectivity index (χ3v) is 8.67. The van der Waals surface area contributed by atoms with Crippen molar-refractivity contribution in [2.75, 3.05) is 17.3 Å². The number of carbonyl (C=O) groups excluding carboxylic acids is 3. The highest BCUT2D eigenvalue weighted by Crippen LogP contribution is 2.29. The summed E-state index contributed by atoms with van der Waals surface area (Å²) >= 11 is 0. The lowest BCUT2D eigenvalue weighted by Gasteiger charge is -2.46. The SMILES string of the molecule is CCc1c(C)ccc(S(=O)(=O)Nc2ccc(NNC(=O)C(=O)NC3CC(C)(C)NC(C)(C)C3)c(C(=O)OC)c2)c1C. The van der Waals surface area contributed by atoms with Crippen LogP contribution in [0.1, 0.15) is 74.5 Å². The monoisotopic (exact) mass is 587 g/mol. The van der Waals surface area contributed by atoms with Crippen molar-refractivity contribution >= 4 is 39.2 Å². The van der Waals surface area contributed by atoms with Gasteiger partial charge < -0.3 is 15.4 Å². The van der Waals surface area contributed by atoms with Crippen LogP contribution in [0.5, 0.6) is 0 Å². The van der Waals surface area contributed by atoms with Gasteiger partial charge in [-0.1, -0.05) is 13.0 Å². The Morgan fingerprint density at radius 1 is 1.00 bits per heavy atom. The lowest BCUT2D eigenvalue weighted by molar-refractivity contribution is -0.139. The van der Waals surface area contributed by atoms with Crippen molar-refractivity contribution in [2.24, 2.45) is 0 Å². The molecule has 0 radical (unpaired) electrons. The Bertz CT molecular complexity index is 1440. The number of anilines is 2. The predicted molar refractivity (Wildman–Crippen MR) is 158 cm³/mol. The summed E-state index contributed by atoms with van der Waals surface area (Å²) in [4.78, 5) is 37.9. The van der Waals surface area contributed by atoms with E-state index in [1.165, 1.54) is 25.3 Å². The van der Waals surface area contributed by atoms with E-state index in [0.29, 0.717) is 24.8 Å². The number of esters is 1. The number of nitrogens with one attached hydrogen (secondary N) is 5. The third kappa shape index (κ3) is 7.76. The zero-order chi connectivity index (χ0) is 30.8. The fourth-order valence-corrected chi connectivity index (χ4v) is 7.09. The van der Waals surface area contributed by atoms with Crippen molar-refractivity contribution in [3.05, 3.63) is 52.6 Å². The van der Waals surface area contributed by atoms with Crippen LogP contribution in [0.25, 0.3) is 0 Å². The first kappa shape index (κ1) is 31.9. The molecule has 2 aromatic rings. The van der Waals surface area contributed by atoms with Crippen LogP contribution in [0.4, 0.5) is 11.4 Å². The van der Waals surface area contributed by atoms with E-state index in [0.717, 1.165) is 11.1 Å². The predicted octanol–water partition coefficient (Wildman–Crippen LogP) is 3.32. The smallest absolute Gasteiger partial charge is 0.340 e. The van der Waals surface area contributed by atoms with Crippen LogP contribution in [0.2, 0.25) is 0 Å². The van der Waals surface area contributed by atoms with E-state index < -0.39 is 27.8 Å². The van der Waals surface area contributed by atoms with Gasteiger partial charge in [-0.05, 0) is 102 Å². The second kappa shape index (κ2) is 12.1. The van der Waals surface area contributed by atoms with Gasteiger partial charge in [-0.3, -0.25) is 25.2 Å². The van der Waals surface area contributed by atoms with Crippen LogP contribution in [-0.4, -0.2) is 50.4 Å². The van der Waals surface area contributed by atoms with Gasteiger partial charge in [0.1, 0.15) is 0 Å². The van der Waals surface area contributed by atoms with E-state index in [4.69, 9.17) is 4.74 Å². The van der Waals surface area contributed by atoms with Crippen molar-refractivity contribution in [2.45, 2.75) is 89.7 Å². The molecule has 3 rings (SSSR count). The maximum absolute atomic E-state index is 13.2. The lowest BCUT2D eigenvalue weighted by atomic mass is 9.79. The van der Waals surface area contributed by atoms with Crippen LogP contribution in [0.15, 0.2) is 35.2 Å². The highest BCUT2D eigenvalue weighted by atomic mass is 32.2. The number of aryl methyl sites for hydroxylation is 1. The molecule has 41 heavy (non-hydrogen) atoms. The minimum absolute atomic E-state index is 0.0508. The first-order valence-electron chi connectivity index (χ1n) is 13.5. The zero-order valence-electron chi connectivity index (χ0n) is 24.9. The van der Waals surface area contributed by atoms with Crippen molar-refractivity contribution in [3.63, 3.8) is 0 Å². The Morgan fingerprint density at radius 2 is 1.63 bits per heavy atom. The van der Waals surface area contributed by atoms with Crippen molar-refractivity contribution in [3.8, 4) is 0 Å². The topological polar surface area (TPSA) is 155 Å². The zero-order valence-corrected chi connectivity index (χ0v) is 25.8. The van der Waals surface area contributed by atoms with Gasteiger partial charge in [0.15, 0.2) is 0 Å². The summed E-state index contributed by atoms with van der Waals surface area (Å²) in [6, 6.07) is 7.24. The molecule has 0 spiro atoms. The average Bonchev–Trinajstić information content (AvgIpc) is 2.85. The molecule has 0 saturated carbocycles. The molecule has 12 heteroatoms. The maximum Gasteiger partial charge on any atom is 0.340 e. The second-order valence-electron chi connectivity index (χ2n) is 11.7. The molecule has 0 aliphatic carbocycles. The minimum atomic E-state index is -3.97. The number of rotatable bonds is 8. The van der Waals surface area contributed by atoms with Gasteiger partial charge in [0.25, 0.3) is 10.0 Å². The number of carbonyl (C=O) groups is 3. The van der Waals surface area contributed by atoms with Crippen molar-refractivity contribution < 1.29 is 27.5 Å². The Balaban J connectivity index is 1.75. The summed E-state index contributed by atoms with van der Waals surface area (Å²) in [5.41, 5.74) is 7.25. The number of methoxy groups -OCH3 is 1. The summed E-state index contributed by atoms with van der Waals surface area (Å²) in [5, 5.41) is 6.30. The number of ether oxygens (including phenoxy) is 1. The third-order valence-electron chi connectivity index (χ3n) is 7.15. The molecule has 0 bridgehead atoms. The van der Waals surface area contributed by atoms with Crippen LogP contribution in [0.3, 0.4) is 0 Å². The van der Waals surface area contributed by atoms with Crippen LogP contribution in [0, 0.1) is 13.8 Å². The van der Waals surface area contributed by atoms with Crippen LogP contribution < -0.4 is 26.2 Å². The highest BCUT2D eigenvalue weighted by Gasteiger charge is 2.38. The van der Waals surface area contributed by atoms with Crippen LogP contribution in [-0.2, 0) is 30.8 Å². The number of sulfonamides is 1. The molecule has 0 aromatic heterocycles. The fourth-order valence-electron chi connectivity index (χ4n) is 5.77. The molecule has 1 heterocycles. The summed E-state index contributed by atoms with van der Waals surface area (Å²) in [7, 11) is -2.79. The first-order valence-corrected chi connectivity index (χ1v) is 15.0. The van der Waals surface area contributed by atoms with E-state index in [1.807, 2.05) is 41.5 Å². The number of hydrazine groups is 1. The van der Waals surface area contributed by atoms with Gasteiger partial charge in [0, 0.05) is 22.8 Å². The van der Waals surface area contributed by atoms with Gasteiger partial charge in [-0.15, -0.1) is 0 Å². The molecule has 2 aromatic carbocycles. The second-order valence-corrected chi connectivity index (χ2v) is 13.4. The number of hydrogen-bond donors (Lipinski definition) is 5. The molecule has 1 aliphatic heterocycles.